The van der Waals surface area contributed by atoms with Crippen molar-refractivity contribution in [1.29, 1.82) is 0 Å². The Bertz CT molecular complexity index is 418. The van der Waals surface area contributed by atoms with Crippen LogP contribution in [0.4, 0.5) is 0 Å². The Morgan fingerprint density at radius 1 is 1.26 bits per heavy atom. The smallest absolute Gasteiger partial charge is 0.228 e. The van der Waals surface area contributed by atoms with E-state index in [1.54, 1.807) is 0 Å². The van der Waals surface area contributed by atoms with Crippen LogP contribution in [-0.4, -0.2) is 44.3 Å². The third kappa shape index (κ3) is 4.48. The SMILES string of the molecule is CC(C)C(C)(C)C(=O)N1CCC(CS(C)(=O)=O)CC1. The molecule has 0 bridgehead atoms. The normalized spacial score (nSPS) is 18.9. The Balaban J connectivity index is 2.57. The number of likely N-dealkylation sites (tertiary alicyclic amines) is 1. The summed E-state index contributed by atoms with van der Waals surface area (Å²) < 4.78 is 22.6. The van der Waals surface area contributed by atoms with E-state index in [-0.39, 0.29) is 23.0 Å². The Morgan fingerprint density at radius 3 is 2.11 bits per heavy atom. The summed E-state index contributed by atoms with van der Waals surface area (Å²) in [6, 6.07) is 0. The molecule has 0 unspecified atom stereocenters. The minimum atomic E-state index is -2.91. The first-order valence-corrected chi connectivity index (χ1v) is 9.07. The minimum Gasteiger partial charge on any atom is -0.342 e. The highest BCUT2D eigenvalue weighted by Gasteiger charge is 2.36. The zero-order valence-electron chi connectivity index (χ0n) is 12.8. The van der Waals surface area contributed by atoms with Crippen LogP contribution >= 0.6 is 0 Å². The second-order valence-corrected chi connectivity index (χ2v) is 8.89. The number of amides is 1. The van der Waals surface area contributed by atoms with Crippen molar-refractivity contribution < 1.29 is 13.2 Å². The minimum absolute atomic E-state index is 0.195. The van der Waals surface area contributed by atoms with Crippen molar-refractivity contribution in [3.8, 4) is 0 Å². The quantitative estimate of drug-likeness (QED) is 0.795. The molecule has 0 spiro atoms. The van der Waals surface area contributed by atoms with E-state index in [4.69, 9.17) is 0 Å². The molecule has 1 rings (SSSR count). The highest BCUT2D eigenvalue weighted by molar-refractivity contribution is 7.90. The van der Waals surface area contributed by atoms with Gasteiger partial charge in [-0.2, -0.15) is 0 Å². The van der Waals surface area contributed by atoms with Crippen LogP contribution in [0, 0.1) is 17.3 Å². The van der Waals surface area contributed by atoms with Crippen LogP contribution in [-0.2, 0) is 14.6 Å². The second kappa shape index (κ2) is 5.81. The number of carbonyl (C=O) groups excluding carboxylic acids is 1. The van der Waals surface area contributed by atoms with Crippen molar-refractivity contribution in [2.75, 3.05) is 25.1 Å². The van der Waals surface area contributed by atoms with Gasteiger partial charge in [-0.05, 0) is 24.7 Å². The fourth-order valence-electron chi connectivity index (χ4n) is 2.39. The number of sulfone groups is 1. The third-order valence-electron chi connectivity index (χ3n) is 4.43. The summed E-state index contributed by atoms with van der Waals surface area (Å²) in [4.78, 5) is 14.4. The Labute approximate surface area is 117 Å². The summed E-state index contributed by atoms with van der Waals surface area (Å²) in [5.74, 6) is 0.957. The van der Waals surface area contributed by atoms with Crippen LogP contribution in [0.25, 0.3) is 0 Å². The number of hydrogen-bond acceptors (Lipinski definition) is 3. The van der Waals surface area contributed by atoms with Gasteiger partial charge in [-0.1, -0.05) is 27.7 Å². The lowest BCUT2D eigenvalue weighted by molar-refractivity contribution is -0.144. The molecule has 0 aromatic rings. The van der Waals surface area contributed by atoms with Gasteiger partial charge in [0, 0.05) is 24.8 Å². The lowest BCUT2D eigenvalue weighted by Gasteiger charge is -2.38. The van der Waals surface area contributed by atoms with E-state index in [1.807, 2.05) is 18.7 Å². The van der Waals surface area contributed by atoms with Gasteiger partial charge in [0.2, 0.25) is 5.91 Å². The highest BCUT2D eigenvalue weighted by Crippen LogP contribution is 2.30. The molecule has 0 aliphatic carbocycles. The van der Waals surface area contributed by atoms with Crippen molar-refractivity contribution in [3.05, 3.63) is 0 Å². The van der Waals surface area contributed by atoms with Gasteiger partial charge in [0.1, 0.15) is 9.84 Å². The van der Waals surface area contributed by atoms with E-state index in [9.17, 15) is 13.2 Å². The molecular formula is C14H27NO3S. The fourth-order valence-corrected chi connectivity index (χ4v) is 3.57. The topological polar surface area (TPSA) is 54.5 Å². The van der Waals surface area contributed by atoms with E-state index in [0.717, 1.165) is 12.8 Å². The maximum absolute atomic E-state index is 12.5. The molecule has 1 aliphatic heterocycles. The molecule has 0 aromatic carbocycles. The van der Waals surface area contributed by atoms with Crippen molar-refractivity contribution in [3.63, 3.8) is 0 Å². The number of hydrogen-bond donors (Lipinski definition) is 0. The maximum Gasteiger partial charge on any atom is 0.228 e. The van der Waals surface area contributed by atoms with Crippen LogP contribution in [0.3, 0.4) is 0 Å². The van der Waals surface area contributed by atoms with Crippen LogP contribution in [0.15, 0.2) is 0 Å². The second-order valence-electron chi connectivity index (χ2n) is 6.70. The largest absolute Gasteiger partial charge is 0.342 e. The number of carbonyl (C=O) groups is 1. The first kappa shape index (κ1) is 16.5. The molecule has 1 fully saturated rings. The summed E-state index contributed by atoms with van der Waals surface area (Å²) in [6.45, 7) is 9.48. The van der Waals surface area contributed by atoms with E-state index in [1.165, 1.54) is 6.26 Å². The molecular weight excluding hydrogens is 262 g/mol. The summed E-state index contributed by atoms with van der Waals surface area (Å²) in [6.07, 6.45) is 2.88. The van der Waals surface area contributed by atoms with Gasteiger partial charge in [0.05, 0.1) is 5.75 Å². The standard InChI is InChI=1S/C14H27NO3S/c1-11(2)14(3,4)13(16)15-8-6-12(7-9-15)10-19(5,17)18/h11-12H,6-10H2,1-5H3. The van der Waals surface area contributed by atoms with Crippen molar-refractivity contribution in [1.82, 2.24) is 4.90 Å². The summed E-state index contributed by atoms with van der Waals surface area (Å²) in [7, 11) is -2.91. The molecule has 1 saturated heterocycles. The summed E-state index contributed by atoms with van der Waals surface area (Å²) in [5.41, 5.74) is -0.344. The summed E-state index contributed by atoms with van der Waals surface area (Å²) >= 11 is 0. The van der Waals surface area contributed by atoms with Crippen molar-refractivity contribution in [2.45, 2.75) is 40.5 Å². The first-order valence-electron chi connectivity index (χ1n) is 7.01. The van der Waals surface area contributed by atoms with Gasteiger partial charge in [-0.3, -0.25) is 4.79 Å². The van der Waals surface area contributed by atoms with E-state index >= 15 is 0 Å². The molecule has 4 nitrogen and oxygen atoms in total. The molecule has 1 amide bonds. The van der Waals surface area contributed by atoms with Crippen molar-refractivity contribution >= 4 is 15.7 Å². The molecule has 1 heterocycles. The zero-order valence-corrected chi connectivity index (χ0v) is 13.6. The van der Waals surface area contributed by atoms with Gasteiger partial charge >= 0.3 is 0 Å². The first-order chi connectivity index (χ1) is 8.54. The monoisotopic (exact) mass is 289 g/mol. The highest BCUT2D eigenvalue weighted by atomic mass is 32.2. The Hall–Kier alpha value is -0.580. The molecule has 0 radical (unpaired) electrons. The lowest BCUT2D eigenvalue weighted by Crippen LogP contribution is -2.47. The van der Waals surface area contributed by atoms with E-state index in [0.29, 0.717) is 19.0 Å². The van der Waals surface area contributed by atoms with Crippen LogP contribution < -0.4 is 0 Å². The van der Waals surface area contributed by atoms with Gasteiger partial charge in [-0.25, -0.2) is 8.42 Å². The van der Waals surface area contributed by atoms with Crippen LogP contribution in [0.5, 0.6) is 0 Å². The maximum atomic E-state index is 12.5. The van der Waals surface area contributed by atoms with E-state index in [2.05, 4.69) is 13.8 Å². The molecule has 0 N–H and O–H groups in total. The molecule has 0 saturated carbocycles. The number of piperidine rings is 1. The molecule has 0 aromatic heterocycles. The van der Waals surface area contributed by atoms with Gasteiger partial charge in [0.15, 0.2) is 0 Å². The molecule has 19 heavy (non-hydrogen) atoms. The summed E-state index contributed by atoms with van der Waals surface area (Å²) in [5, 5.41) is 0. The molecule has 1 aliphatic rings. The Kier molecular flexibility index (Phi) is 5.04. The third-order valence-corrected chi connectivity index (χ3v) is 5.51. The fraction of sp³-hybridized carbons (Fsp3) is 0.929. The van der Waals surface area contributed by atoms with Gasteiger partial charge in [-0.15, -0.1) is 0 Å². The van der Waals surface area contributed by atoms with Crippen LogP contribution in [0.2, 0.25) is 0 Å². The van der Waals surface area contributed by atoms with Gasteiger partial charge in [0.25, 0.3) is 0 Å². The number of nitrogens with zero attached hydrogens (tertiary/aromatic N) is 1. The Morgan fingerprint density at radius 2 is 1.74 bits per heavy atom. The van der Waals surface area contributed by atoms with Crippen molar-refractivity contribution in [2.24, 2.45) is 17.3 Å². The molecule has 0 atom stereocenters. The zero-order chi connectivity index (χ0) is 14.8. The molecule has 112 valence electrons. The van der Waals surface area contributed by atoms with E-state index < -0.39 is 9.84 Å². The van der Waals surface area contributed by atoms with Gasteiger partial charge < -0.3 is 4.90 Å². The average Bonchev–Trinajstić information content (AvgIpc) is 2.26. The number of rotatable bonds is 4. The predicted octanol–water partition coefficient (Wildman–Crippen LogP) is 1.95. The lowest BCUT2D eigenvalue weighted by atomic mass is 9.79. The average molecular weight is 289 g/mol. The molecule has 5 heteroatoms. The predicted molar refractivity (Wildman–Crippen MR) is 77.6 cm³/mol. The van der Waals surface area contributed by atoms with Crippen LogP contribution in [0.1, 0.15) is 40.5 Å².